The molecule has 1 saturated carbocycles. The van der Waals surface area contributed by atoms with Crippen molar-refractivity contribution in [1.82, 2.24) is 25.8 Å². The second-order valence-corrected chi connectivity index (χ2v) is 7.56. The fourth-order valence-corrected chi connectivity index (χ4v) is 4.04. The van der Waals surface area contributed by atoms with Gasteiger partial charge in [-0.3, -0.25) is 10.1 Å². The number of guanidine groups is 1. The van der Waals surface area contributed by atoms with E-state index < -0.39 is 0 Å². The van der Waals surface area contributed by atoms with Crippen molar-refractivity contribution < 1.29 is 0 Å². The highest BCUT2D eigenvalue weighted by atomic mass is 127. The number of halogens is 1. The van der Waals surface area contributed by atoms with Gasteiger partial charge >= 0.3 is 0 Å². The Hall–Kier alpha value is -2.42. The Labute approximate surface area is 195 Å². The summed E-state index contributed by atoms with van der Waals surface area (Å²) in [5.41, 5.74) is 3.68. The predicted octanol–water partition coefficient (Wildman–Crippen LogP) is 4.48. The SMILES string of the molecule is CN=C(NCc1cccc(-c2ncn[nH]2)c1)NC1CCC(c2ccccc2)CC1.I. The van der Waals surface area contributed by atoms with Gasteiger partial charge in [-0.1, -0.05) is 48.5 Å². The topological polar surface area (TPSA) is 78.0 Å². The van der Waals surface area contributed by atoms with Crippen molar-refractivity contribution >= 4 is 29.9 Å². The molecule has 30 heavy (non-hydrogen) atoms. The van der Waals surface area contributed by atoms with Gasteiger partial charge in [-0.15, -0.1) is 24.0 Å². The Morgan fingerprint density at radius 1 is 1.07 bits per heavy atom. The average molecular weight is 516 g/mol. The third kappa shape index (κ3) is 5.81. The maximum absolute atomic E-state index is 4.41. The molecule has 3 aromatic rings. The van der Waals surface area contributed by atoms with E-state index in [1.807, 2.05) is 19.2 Å². The van der Waals surface area contributed by atoms with Crippen LogP contribution in [-0.2, 0) is 6.54 Å². The van der Waals surface area contributed by atoms with Crippen molar-refractivity contribution in [3.63, 3.8) is 0 Å². The molecule has 0 amide bonds. The van der Waals surface area contributed by atoms with Gasteiger partial charge in [0.15, 0.2) is 11.8 Å². The fraction of sp³-hybridized carbons (Fsp3) is 0.348. The number of rotatable bonds is 5. The summed E-state index contributed by atoms with van der Waals surface area (Å²) in [6.07, 6.45) is 6.30. The molecule has 6 nitrogen and oxygen atoms in total. The summed E-state index contributed by atoms with van der Waals surface area (Å²) in [7, 11) is 1.83. The van der Waals surface area contributed by atoms with Crippen molar-refractivity contribution in [3.8, 4) is 11.4 Å². The molecular weight excluding hydrogens is 487 g/mol. The van der Waals surface area contributed by atoms with Crippen molar-refractivity contribution in [2.75, 3.05) is 7.05 Å². The third-order valence-corrected chi connectivity index (χ3v) is 5.64. The lowest BCUT2D eigenvalue weighted by Gasteiger charge is -2.30. The molecule has 1 aromatic heterocycles. The number of aromatic nitrogens is 3. The highest BCUT2D eigenvalue weighted by molar-refractivity contribution is 14.0. The maximum Gasteiger partial charge on any atom is 0.191 e. The average Bonchev–Trinajstić information content (AvgIpc) is 3.33. The zero-order chi connectivity index (χ0) is 19.9. The molecule has 4 rings (SSSR count). The molecule has 0 atom stereocenters. The van der Waals surface area contributed by atoms with Crippen molar-refractivity contribution in [2.45, 2.75) is 44.2 Å². The molecule has 2 aromatic carbocycles. The molecule has 0 bridgehead atoms. The van der Waals surface area contributed by atoms with Crippen LogP contribution in [0.3, 0.4) is 0 Å². The highest BCUT2D eigenvalue weighted by Gasteiger charge is 2.22. The minimum atomic E-state index is 0. The molecule has 1 heterocycles. The zero-order valence-corrected chi connectivity index (χ0v) is 19.5. The summed E-state index contributed by atoms with van der Waals surface area (Å²) >= 11 is 0. The first-order valence-electron chi connectivity index (χ1n) is 10.3. The molecule has 0 spiro atoms. The number of hydrogen-bond donors (Lipinski definition) is 3. The Morgan fingerprint density at radius 2 is 1.87 bits per heavy atom. The van der Waals surface area contributed by atoms with Crippen LogP contribution in [0.25, 0.3) is 11.4 Å². The van der Waals surface area contributed by atoms with Crippen molar-refractivity contribution in [3.05, 3.63) is 72.1 Å². The lowest BCUT2D eigenvalue weighted by atomic mass is 9.82. The molecule has 158 valence electrons. The summed E-state index contributed by atoms with van der Waals surface area (Å²) < 4.78 is 0. The van der Waals surface area contributed by atoms with E-state index in [1.165, 1.54) is 43.1 Å². The number of aromatic amines is 1. The second-order valence-electron chi connectivity index (χ2n) is 7.56. The van der Waals surface area contributed by atoms with E-state index in [4.69, 9.17) is 0 Å². The van der Waals surface area contributed by atoms with E-state index >= 15 is 0 Å². The van der Waals surface area contributed by atoms with Gasteiger partial charge in [0, 0.05) is 25.2 Å². The summed E-state index contributed by atoms with van der Waals surface area (Å²) in [6.45, 7) is 0.709. The second kappa shape index (κ2) is 11.1. The van der Waals surface area contributed by atoms with Crippen LogP contribution in [0.5, 0.6) is 0 Å². The largest absolute Gasteiger partial charge is 0.354 e. The van der Waals surface area contributed by atoms with Crippen LogP contribution in [-0.4, -0.2) is 34.2 Å². The molecular formula is C23H29IN6. The number of H-pyrrole nitrogens is 1. The standard InChI is InChI=1S/C23H28N6.HI/c1-24-23(25-15-17-6-5-9-20(14-17)22-26-16-27-29-22)28-21-12-10-19(11-13-21)18-7-3-2-4-8-18;/h2-9,14,16,19,21H,10-13,15H2,1H3,(H2,24,25,28)(H,26,27,29);1H. The quantitative estimate of drug-likeness (QED) is 0.266. The molecule has 0 radical (unpaired) electrons. The van der Waals surface area contributed by atoms with Crippen LogP contribution in [0, 0.1) is 0 Å². The van der Waals surface area contributed by atoms with Crippen LogP contribution >= 0.6 is 24.0 Å². The number of aliphatic imine (C=N–C) groups is 1. The van der Waals surface area contributed by atoms with E-state index in [1.54, 1.807) is 0 Å². The van der Waals surface area contributed by atoms with Crippen LogP contribution in [0.15, 0.2) is 65.9 Å². The highest BCUT2D eigenvalue weighted by Crippen LogP contribution is 2.32. The van der Waals surface area contributed by atoms with Gasteiger partial charge in [0.25, 0.3) is 0 Å². The van der Waals surface area contributed by atoms with Crippen LogP contribution in [0.2, 0.25) is 0 Å². The van der Waals surface area contributed by atoms with Gasteiger partial charge in [-0.25, -0.2) is 4.98 Å². The van der Waals surface area contributed by atoms with Gasteiger partial charge in [0.1, 0.15) is 6.33 Å². The fourth-order valence-electron chi connectivity index (χ4n) is 4.04. The van der Waals surface area contributed by atoms with Crippen LogP contribution in [0.1, 0.15) is 42.7 Å². The summed E-state index contributed by atoms with van der Waals surface area (Å²) in [5, 5.41) is 13.9. The Bertz CT molecular complexity index is 918. The Kier molecular flexibility index (Phi) is 8.24. The molecule has 0 aliphatic heterocycles. The van der Waals surface area contributed by atoms with E-state index in [9.17, 15) is 0 Å². The first-order valence-corrected chi connectivity index (χ1v) is 10.3. The van der Waals surface area contributed by atoms with Gasteiger partial charge in [0.2, 0.25) is 0 Å². The molecule has 7 heteroatoms. The van der Waals surface area contributed by atoms with Gasteiger partial charge < -0.3 is 10.6 Å². The third-order valence-electron chi connectivity index (χ3n) is 5.64. The lowest BCUT2D eigenvalue weighted by Crippen LogP contribution is -2.44. The Morgan fingerprint density at radius 3 is 2.57 bits per heavy atom. The van der Waals surface area contributed by atoms with Gasteiger partial charge in [0.05, 0.1) is 0 Å². The predicted molar refractivity (Wildman–Crippen MR) is 132 cm³/mol. The molecule has 1 aliphatic rings. The number of hydrogen-bond acceptors (Lipinski definition) is 3. The van der Waals surface area contributed by atoms with Gasteiger partial charge in [-0.05, 0) is 48.8 Å². The minimum absolute atomic E-state index is 0. The first-order chi connectivity index (χ1) is 14.3. The van der Waals surface area contributed by atoms with Crippen molar-refractivity contribution in [1.29, 1.82) is 0 Å². The molecule has 1 aliphatic carbocycles. The van der Waals surface area contributed by atoms with E-state index in [2.05, 4.69) is 73.3 Å². The first kappa shape index (κ1) is 22.3. The van der Waals surface area contributed by atoms with E-state index in [0.29, 0.717) is 18.5 Å². The Balaban J connectivity index is 0.00000256. The summed E-state index contributed by atoms with van der Waals surface area (Å²) in [5.74, 6) is 2.32. The molecule has 3 N–H and O–H groups in total. The minimum Gasteiger partial charge on any atom is -0.354 e. The summed E-state index contributed by atoms with van der Waals surface area (Å²) in [6, 6.07) is 19.6. The number of nitrogens with one attached hydrogen (secondary N) is 3. The smallest absolute Gasteiger partial charge is 0.191 e. The van der Waals surface area contributed by atoms with E-state index in [-0.39, 0.29) is 24.0 Å². The van der Waals surface area contributed by atoms with Crippen molar-refractivity contribution in [2.24, 2.45) is 4.99 Å². The number of benzene rings is 2. The van der Waals surface area contributed by atoms with E-state index in [0.717, 1.165) is 17.3 Å². The summed E-state index contributed by atoms with van der Waals surface area (Å²) in [4.78, 5) is 8.63. The monoisotopic (exact) mass is 516 g/mol. The van der Waals surface area contributed by atoms with Gasteiger partial charge in [-0.2, -0.15) is 5.10 Å². The van der Waals surface area contributed by atoms with Crippen LogP contribution in [0.4, 0.5) is 0 Å². The molecule has 1 fully saturated rings. The maximum atomic E-state index is 4.41. The molecule has 0 saturated heterocycles. The van der Waals surface area contributed by atoms with Crippen LogP contribution < -0.4 is 10.6 Å². The zero-order valence-electron chi connectivity index (χ0n) is 17.2. The normalized spacial score (nSPS) is 19.0. The number of nitrogens with zero attached hydrogens (tertiary/aromatic N) is 3. The lowest BCUT2D eigenvalue weighted by molar-refractivity contribution is 0.371. The molecule has 0 unspecified atom stereocenters.